The Kier molecular flexibility index (Phi) is 4.65. The van der Waals surface area contributed by atoms with Gasteiger partial charge in [0.05, 0.1) is 5.92 Å². The Balaban J connectivity index is 3.06. The molecule has 5 nitrogen and oxygen atoms in total. The van der Waals surface area contributed by atoms with Crippen LogP contribution in [0.1, 0.15) is 12.5 Å². The number of carbonyl (C=O) groups is 1. The Hall–Kier alpha value is -1.47. The molecule has 0 aliphatic carbocycles. The van der Waals surface area contributed by atoms with Crippen molar-refractivity contribution in [2.45, 2.75) is 18.7 Å². The molecule has 1 aromatic rings. The number of benzene rings is 1. The van der Waals surface area contributed by atoms with Gasteiger partial charge in [0.2, 0.25) is 10.0 Å². The third-order valence-corrected chi connectivity index (χ3v) is 4.58. The van der Waals surface area contributed by atoms with Gasteiger partial charge in [-0.25, -0.2) is 12.8 Å². The first-order valence-corrected chi connectivity index (χ1v) is 7.05. The van der Waals surface area contributed by atoms with Crippen molar-refractivity contribution in [3.63, 3.8) is 0 Å². The maximum Gasteiger partial charge on any atom is 0.307 e. The molecular formula is C12H16FNO4S. The van der Waals surface area contributed by atoms with E-state index in [-0.39, 0.29) is 6.54 Å². The van der Waals surface area contributed by atoms with Crippen LogP contribution in [0.2, 0.25) is 0 Å². The molecule has 1 rings (SSSR count). The van der Waals surface area contributed by atoms with E-state index in [9.17, 15) is 17.6 Å². The van der Waals surface area contributed by atoms with Crippen LogP contribution in [0.25, 0.3) is 0 Å². The molecule has 0 saturated carbocycles. The molecule has 0 amide bonds. The predicted molar refractivity (Wildman–Crippen MR) is 67.8 cm³/mol. The standard InChI is InChI=1S/C12H16FNO4S/c1-8-4-5-11(10(13)6-8)19(17,18)14(3)7-9(2)12(15)16/h4-6,9H,7H2,1-3H3,(H,15,16). The van der Waals surface area contributed by atoms with E-state index in [1.54, 1.807) is 6.92 Å². The lowest BCUT2D eigenvalue weighted by atomic mass is 10.2. The zero-order chi connectivity index (χ0) is 14.8. The normalized spacial score (nSPS) is 13.5. The fraction of sp³-hybridized carbons (Fsp3) is 0.417. The van der Waals surface area contributed by atoms with Gasteiger partial charge in [0.1, 0.15) is 10.7 Å². The van der Waals surface area contributed by atoms with Gasteiger partial charge in [0.15, 0.2) is 0 Å². The van der Waals surface area contributed by atoms with Gasteiger partial charge in [0, 0.05) is 13.6 Å². The SMILES string of the molecule is Cc1ccc(S(=O)(=O)N(C)CC(C)C(=O)O)c(F)c1. The summed E-state index contributed by atoms with van der Waals surface area (Å²) in [5.74, 6) is -2.81. The van der Waals surface area contributed by atoms with E-state index >= 15 is 0 Å². The molecule has 0 spiro atoms. The van der Waals surface area contributed by atoms with Gasteiger partial charge in [-0.05, 0) is 24.6 Å². The summed E-state index contributed by atoms with van der Waals surface area (Å²) >= 11 is 0. The molecule has 106 valence electrons. The molecule has 1 N–H and O–H groups in total. The number of rotatable bonds is 5. The van der Waals surface area contributed by atoms with Crippen LogP contribution in [0.5, 0.6) is 0 Å². The monoisotopic (exact) mass is 289 g/mol. The largest absolute Gasteiger partial charge is 0.481 e. The number of nitrogens with zero attached hydrogens (tertiary/aromatic N) is 1. The van der Waals surface area contributed by atoms with Crippen LogP contribution in [0.15, 0.2) is 23.1 Å². The van der Waals surface area contributed by atoms with Gasteiger partial charge in [-0.3, -0.25) is 4.79 Å². The van der Waals surface area contributed by atoms with E-state index in [0.717, 1.165) is 10.4 Å². The summed E-state index contributed by atoms with van der Waals surface area (Å²) in [6, 6.07) is 3.80. The highest BCUT2D eigenvalue weighted by molar-refractivity contribution is 7.89. The number of carboxylic acids is 1. The van der Waals surface area contributed by atoms with Crippen molar-refractivity contribution in [2.24, 2.45) is 5.92 Å². The summed E-state index contributed by atoms with van der Waals surface area (Å²) < 4.78 is 38.8. The van der Waals surface area contributed by atoms with Crippen molar-refractivity contribution in [2.75, 3.05) is 13.6 Å². The lowest BCUT2D eigenvalue weighted by molar-refractivity contribution is -0.141. The van der Waals surface area contributed by atoms with Crippen LogP contribution in [-0.2, 0) is 14.8 Å². The molecule has 0 radical (unpaired) electrons. The van der Waals surface area contributed by atoms with E-state index in [2.05, 4.69) is 0 Å². The number of hydrogen-bond acceptors (Lipinski definition) is 3. The zero-order valence-electron chi connectivity index (χ0n) is 10.9. The quantitative estimate of drug-likeness (QED) is 0.891. The number of carboxylic acid groups (broad SMARTS) is 1. The molecule has 0 bridgehead atoms. The van der Waals surface area contributed by atoms with Crippen molar-refractivity contribution in [3.05, 3.63) is 29.6 Å². The molecule has 1 aromatic carbocycles. The molecule has 0 fully saturated rings. The Morgan fingerprint density at radius 2 is 2.05 bits per heavy atom. The first-order valence-electron chi connectivity index (χ1n) is 5.61. The fourth-order valence-electron chi connectivity index (χ4n) is 1.54. The number of hydrogen-bond donors (Lipinski definition) is 1. The van der Waals surface area contributed by atoms with E-state index in [1.807, 2.05) is 0 Å². The van der Waals surface area contributed by atoms with Crippen LogP contribution in [-0.4, -0.2) is 37.4 Å². The number of halogens is 1. The van der Waals surface area contributed by atoms with Crippen molar-refractivity contribution in [3.8, 4) is 0 Å². The van der Waals surface area contributed by atoms with Crippen LogP contribution in [0.4, 0.5) is 4.39 Å². The third kappa shape index (κ3) is 3.51. The highest BCUT2D eigenvalue weighted by Crippen LogP contribution is 2.20. The summed E-state index contributed by atoms with van der Waals surface area (Å²) in [6.07, 6.45) is 0. The highest BCUT2D eigenvalue weighted by atomic mass is 32.2. The summed E-state index contributed by atoms with van der Waals surface area (Å²) in [4.78, 5) is 10.3. The second-order valence-electron chi connectivity index (χ2n) is 4.46. The first-order chi connectivity index (χ1) is 8.66. The van der Waals surface area contributed by atoms with Crippen molar-refractivity contribution < 1.29 is 22.7 Å². The first kappa shape index (κ1) is 15.6. The molecule has 1 atom stereocenters. The highest BCUT2D eigenvalue weighted by Gasteiger charge is 2.27. The van der Waals surface area contributed by atoms with Gasteiger partial charge in [-0.2, -0.15) is 4.31 Å². The third-order valence-electron chi connectivity index (χ3n) is 2.73. The van der Waals surface area contributed by atoms with E-state index in [1.165, 1.54) is 26.1 Å². The number of aliphatic carboxylic acids is 1. The fourth-order valence-corrected chi connectivity index (χ4v) is 2.85. The molecule has 0 heterocycles. The Labute approximate surface area is 111 Å². The van der Waals surface area contributed by atoms with Gasteiger partial charge in [0.25, 0.3) is 0 Å². The van der Waals surface area contributed by atoms with Crippen LogP contribution >= 0.6 is 0 Å². The minimum absolute atomic E-state index is 0.217. The minimum atomic E-state index is -4.02. The molecule has 0 saturated heterocycles. The Bertz CT molecular complexity index is 585. The molecule has 0 aromatic heterocycles. The Morgan fingerprint density at radius 1 is 1.47 bits per heavy atom. The maximum absolute atomic E-state index is 13.7. The molecule has 7 heteroatoms. The summed E-state index contributed by atoms with van der Waals surface area (Å²) in [5.41, 5.74) is 0.609. The van der Waals surface area contributed by atoms with Crippen molar-refractivity contribution in [1.29, 1.82) is 0 Å². The summed E-state index contributed by atoms with van der Waals surface area (Å²) in [6.45, 7) is 2.82. The topological polar surface area (TPSA) is 74.7 Å². The van der Waals surface area contributed by atoms with Crippen molar-refractivity contribution >= 4 is 16.0 Å². The minimum Gasteiger partial charge on any atom is -0.481 e. The molecule has 19 heavy (non-hydrogen) atoms. The molecular weight excluding hydrogens is 273 g/mol. The van der Waals surface area contributed by atoms with Gasteiger partial charge < -0.3 is 5.11 Å². The van der Waals surface area contributed by atoms with E-state index in [0.29, 0.717) is 5.56 Å². The average molecular weight is 289 g/mol. The maximum atomic E-state index is 13.7. The lowest BCUT2D eigenvalue weighted by Crippen LogP contribution is -2.34. The summed E-state index contributed by atoms with van der Waals surface area (Å²) in [7, 11) is -2.79. The molecule has 0 aliphatic heterocycles. The lowest BCUT2D eigenvalue weighted by Gasteiger charge is -2.19. The second-order valence-corrected chi connectivity index (χ2v) is 6.47. The van der Waals surface area contributed by atoms with Crippen LogP contribution < -0.4 is 0 Å². The number of sulfonamides is 1. The zero-order valence-corrected chi connectivity index (χ0v) is 11.7. The van der Waals surface area contributed by atoms with E-state index in [4.69, 9.17) is 5.11 Å². The van der Waals surface area contributed by atoms with Gasteiger partial charge in [-0.15, -0.1) is 0 Å². The molecule has 1 unspecified atom stereocenters. The average Bonchev–Trinajstić information content (AvgIpc) is 2.27. The molecule has 0 aliphatic rings. The summed E-state index contributed by atoms with van der Waals surface area (Å²) in [5, 5.41) is 8.76. The van der Waals surface area contributed by atoms with Gasteiger partial charge in [-0.1, -0.05) is 13.0 Å². The van der Waals surface area contributed by atoms with Crippen LogP contribution in [0.3, 0.4) is 0 Å². The smallest absolute Gasteiger partial charge is 0.307 e. The predicted octanol–water partition coefficient (Wildman–Crippen LogP) is 1.48. The Morgan fingerprint density at radius 3 is 2.53 bits per heavy atom. The van der Waals surface area contributed by atoms with Crippen molar-refractivity contribution in [1.82, 2.24) is 4.31 Å². The second kappa shape index (κ2) is 5.66. The number of aryl methyl sites for hydroxylation is 1. The van der Waals surface area contributed by atoms with E-state index < -0.39 is 32.6 Å². The van der Waals surface area contributed by atoms with Gasteiger partial charge >= 0.3 is 5.97 Å². The van der Waals surface area contributed by atoms with Crippen LogP contribution in [0, 0.1) is 18.7 Å².